The average molecular weight is 437 g/mol. The molecule has 1 heterocycles. The van der Waals surface area contributed by atoms with Crippen LogP contribution in [0.2, 0.25) is 0 Å². The van der Waals surface area contributed by atoms with E-state index < -0.39 is 15.8 Å². The fraction of sp³-hybridized carbons (Fsp3) is 0.263. The van der Waals surface area contributed by atoms with Crippen molar-refractivity contribution in [2.75, 3.05) is 26.2 Å². The molecule has 1 amide bonds. The van der Waals surface area contributed by atoms with E-state index in [9.17, 15) is 22.0 Å². The van der Waals surface area contributed by atoms with Gasteiger partial charge in [0.05, 0.1) is 10.5 Å². The van der Waals surface area contributed by atoms with E-state index >= 15 is 0 Å². The summed E-state index contributed by atoms with van der Waals surface area (Å²) in [5, 5.41) is 9.16. The Labute approximate surface area is 171 Å². The van der Waals surface area contributed by atoms with Crippen LogP contribution in [0.1, 0.15) is 15.9 Å². The highest BCUT2D eigenvalue weighted by atomic mass is 32.2. The van der Waals surface area contributed by atoms with E-state index in [2.05, 4.69) is 0 Å². The Bertz CT molecular complexity index is 1030. The minimum atomic E-state index is -3.84. The number of hydrogen-bond acceptors (Lipinski definition) is 5. The molecular weight excluding hydrogens is 420 g/mol. The smallest absolute Gasteiger partial charge is 0.288 e. The molecule has 0 saturated carbocycles. The first-order valence-corrected chi connectivity index (χ1v) is 11.0. The lowest BCUT2D eigenvalue weighted by molar-refractivity contribution is 0.0698. The number of alkyl halides is 2. The number of rotatable bonds is 5. The zero-order chi connectivity index (χ0) is 21.0. The van der Waals surface area contributed by atoms with Gasteiger partial charge in [0.15, 0.2) is 0 Å². The Morgan fingerprint density at radius 2 is 1.66 bits per heavy atom. The van der Waals surface area contributed by atoms with E-state index in [-0.39, 0.29) is 42.5 Å². The molecule has 2 aromatic rings. The molecule has 1 aliphatic rings. The van der Waals surface area contributed by atoms with E-state index in [4.69, 9.17) is 5.26 Å². The second kappa shape index (κ2) is 8.90. The first-order chi connectivity index (χ1) is 13.8. The summed E-state index contributed by atoms with van der Waals surface area (Å²) in [6.45, 7) is 0.598. The van der Waals surface area contributed by atoms with Crippen LogP contribution in [0.5, 0.6) is 0 Å². The quantitative estimate of drug-likeness (QED) is 0.672. The van der Waals surface area contributed by atoms with Gasteiger partial charge in [0.1, 0.15) is 6.07 Å². The van der Waals surface area contributed by atoms with Crippen LogP contribution in [0, 0.1) is 11.3 Å². The fourth-order valence-electron chi connectivity index (χ4n) is 3.02. The molecule has 152 valence electrons. The lowest BCUT2D eigenvalue weighted by Gasteiger charge is -2.34. The molecule has 0 atom stereocenters. The monoisotopic (exact) mass is 437 g/mol. The van der Waals surface area contributed by atoms with Crippen molar-refractivity contribution in [2.45, 2.75) is 15.5 Å². The molecule has 0 spiro atoms. The summed E-state index contributed by atoms with van der Waals surface area (Å²) >= 11 is 0.404. The van der Waals surface area contributed by atoms with Crippen LogP contribution in [0.15, 0.2) is 58.3 Å². The highest BCUT2D eigenvalue weighted by Gasteiger charge is 2.31. The molecule has 0 radical (unpaired) electrons. The molecule has 1 fully saturated rings. The van der Waals surface area contributed by atoms with Crippen molar-refractivity contribution in [1.29, 1.82) is 5.26 Å². The number of carbonyl (C=O) groups excluding carboxylic acids is 1. The van der Waals surface area contributed by atoms with Gasteiger partial charge in [-0.3, -0.25) is 4.79 Å². The Kier molecular flexibility index (Phi) is 6.52. The number of piperazine rings is 1. The normalized spacial score (nSPS) is 15.3. The summed E-state index contributed by atoms with van der Waals surface area (Å²) < 4.78 is 51.7. The maximum atomic E-state index is 12.8. The average Bonchev–Trinajstić information content (AvgIpc) is 2.73. The van der Waals surface area contributed by atoms with Gasteiger partial charge < -0.3 is 4.90 Å². The van der Waals surface area contributed by atoms with Crippen molar-refractivity contribution in [1.82, 2.24) is 9.21 Å². The lowest BCUT2D eigenvalue weighted by Crippen LogP contribution is -2.50. The van der Waals surface area contributed by atoms with Gasteiger partial charge in [-0.2, -0.15) is 18.3 Å². The van der Waals surface area contributed by atoms with Crippen molar-refractivity contribution >= 4 is 27.7 Å². The summed E-state index contributed by atoms with van der Waals surface area (Å²) in [4.78, 5) is 14.5. The second-order valence-corrected chi connectivity index (χ2v) is 9.18. The lowest BCUT2D eigenvalue weighted by atomic mass is 10.2. The van der Waals surface area contributed by atoms with Crippen LogP contribution in [0.3, 0.4) is 0 Å². The van der Waals surface area contributed by atoms with Gasteiger partial charge in [-0.25, -0.2) is 8.42 Å². The maximum Gasteiger partial charge on any atom is 0.288 e. The number of nitriles is 1. The molecular formula is C19H17F2N3O3S2. The van der Waals surface area contributed by atoms with Crippen molar-refractivity contribution in [3.8, 4) is 6.07 Å². The summed E-state index contributed by atoms with van der Waals surface area (Å²) in [6, 6.07) is 13.8. The second-order valence-electron chi connectivity index (χ2n) is 6.21. The van der Waals surface area contributed by atoms with Gasteiger partial charge in [-0.1, -0.05) is 23.9 Å². The topological polar surface area (TPSA) is 81.5 Å². The van der Waals surface area contributed by atoms with Gasteiger partial charge in [-0.15, -0.1) is 0 Å². The molecule has 1 aliphatic heterocycles. The molecule has 0 unspecified atom stereocenters. The Morgan fingerprint density at radius 1 is 1.03 bits per heavy atom. The van der Waals surface area contributed by atoms with E-state index in [0.29, 0.717) is 22.2 Å². The highest BCUT2D eigenvalue weighted by Crippen LogP contribution is 2.26. The van der Waals surface area contributed by atoms with Crippen LogP contribution in [-0.2, 0) is 10.0 Å². The first-order valence-electron chi connectivity index (χ1n) is 8.66. The summed E-state index contributed by atoms with van der Waals surface area (Å²) in [5.74, 6) is -2.81. The standard InChI is InChI=1S/C19H17F2N3O3S2/c20-19(21)28-16-7-5-14(6-8-16)18(25)23-9-11-24(12-10-23)29(26,27)17-4-2-1-3-15(17)13-22/h1-8,19H,9-12H2. The summed E-state index contributed by atoms with van der Waals surface area (Å²) in [7, 11) is -3.84. The molecule has 3 rings (SSSR count). The van der Waals surface area contributed by atoms with Crippen LogP contribution in [-0.4, -0.2) is 55.5 Å². The first kappa shape index (κ1) is 21.2. The van der Waals surface area contributed by atoms with Gasteiger partial charge in [0, 0.05) is 36.6 Å². The van der Waals surface area contributed by atoms with Crippen LogP contribution < -0.4 is 0 Å². The molecule has 10 heteroatoms. The highest BCUT2D eigenvalue weighted by molar-refractivity contribution is 7.99. The minimum Gasteiger partial charge on any atom is -0.336 e. The number of hydrogen-bond donors (Lipinski definition) is 0. The number of thioether (sulfide) groups is 1. The molecule has 6 nitrogen and oxygen atoms in total. The molecule has 0 aromatic heterocycles. The third-order valence-corrected chi connectivity index (χ3v) is 7.16. The Balaban J connectivity index is 1.67. The van der Waals surface area contributed by atoms with E-state index in [1.165, 1.54) is 45.6 Å². The van der Waals surface area contributed by atoms with Gasteiger partial charge >= 0.3 is 0 Å². The molecule has 29 heavy (non-hydrogen) atoms. The van der Waals surface area contributed by atoms with Gasteiger partial charge in [-0.05, 0) is 36.4 Å². The van der Waals surface area contributed by atoms with Crippen molar-refractivity contribution in [2.24, 2.45) is 0 Å². The third kappa shape index (κ3) is 4.75. The molecule has 1 saturated heterocycles. The number of sulfonamides is 1. The fourth-order valence-corrected chi connectivity index (χ4v) is 5.08. The summed E-state index contributed by atoms with van der Waals surface area (Å²) in [5.41, 5.74) is 0.433. The van der Waals surface area contributed by atoms with Crippen LogP contribution >= 0.6 is 11.8 Å². The zero-order valence-electron chi connectivity index (χ0n) is 15.2. The van der Waals surface area contributed by atoms with Gasteiger partial charge in [0.2, 0.25) is 10.0 Å². The number of carbonyl (C=O) groups is 1. The number of nitrogens with zero attached hydrogens (tertiary/aromatic N) is 3. The van der Waals surface area contributed by atoms with E-state index in [0.717, 1.165) is 0 Å². The molecule has 2 aromatic carbocycles. The van der Waals surface area contributed by atoms with Gasteiger partial charge in [0.25, 0.3) is 11.7 Å². The third-order valence-electron chi connectivity index (χ3n) is 4.48. The van der Waals surface area contributed by atoms with E-state index in [1.807, 2.05) is 6.07 Å². The number of benzene rings is 2. The Morgan fingerprint density at radius 3 is 2.24 bits per heavy atom. The largest absolute Gasteiger partial charge is 0.336 e. The number of amides is 1. The van der Waals surface area contributed by atoms with Crippen LogP contribution in [0.25, 0.3) is 0 Å². The predicted molar refractivity (Wildman–Crippen MR) is 104 cm³/mol. The Hall–Kier alpha value is -2.48. The van der Waals surface area contributed by atoms with E-state index in [1.54, 1.807) is 12.1 Å². The van der Waals surface area contributed by atoms with Crippen LogP contribution in [0.4, 0.5) is 8.78 Å². The SMILES string of the molecule is N#Cc1ccccc1S(=O)(=O)N1CCN(C(=O)c2ccc(SC(F)F)cc2)CC1. The van der Waals surface area contributed by atoms with Crippen molar-refractivity contribution < 1.29 is 22.0 Å². The van der Waals surface area contributed by atoms with Crippen molar-refractivity contribution in [3.63, 3.8) is 0 Å². The van der Waals surface area contributed by atoms with Crippen molar-refractivity contribution in [3.05, 3.63) is 59.7 Å². The zero-order valence-corrected chi connectivity index (χ0v) is 16.8. The number of halogens is 2. The maximum absolute atomic E-state index is 12.8. The summed E-state index contributed by atoms with van der Waals surface area (Å²) in [6.07, 6.45) is 0. The molecule has 0 aliphatic carbocycles. The predicted octanol–water partition coefficient (Wildman–Crippen LogP) is 3.02. The molecule has 0 bridgehead atoms. The molecule has 0 N–H and O–H groups in total. The minimum absolute atomic E-state index is 0.0469.